The zero-order chi connectivity index (χ0) is 18.4. The van der Waals surface area contributed by atoms with Gasteiger partial charge in [-0.2, -0.15) is 4.98 Å². The summed E-state index contributed by atoms with van der Waals surface area (Å²) in [7, 11) is 1.55. The Labute approximate surface area is 152 Å². The maximum atomic E-state index is 12.6. The zero-order valence-corrected chi connectivity index (χ0v) is 14.2. The lowest BCUT2D eigenvalue weighted by molar-refractivity contribution is 0.101. The molecule has 132 valence electrons. The molecule has 1 amide bonds. The van der Waals surface area contributed by atoms with Crippen molar-refractivity contribution >= 4 is 39.3 Å². The lowest BCUT2D eigenvalue weighted by Gasteiger charge is -2.09. The molecule has 3 aromatic heterocycles. The van der Waals surface area contributed by atoms with Crippen LogP contribution in [0.3, 0.4) is 0 Å². The van der Waals surface area contributed by atoms with E-state index in [-0.39, 0.29) is 5.82 Å². The second-order valence-electron chi connectivity index (χ2n) is 5.90. The summed E-state index contributed by atoms with van der Waals surface area (Å²) in [6.45, 7) is 0. The maximum absolute atomic E-state index is 12.6. The first-order chi connectivity index (χ1) is 13.2. The lowest BCUT2D eigenvalue weighted by Crippen LogP contribution is -2.14. The van der Waals surface area contributed by atoms with E-state index in [4.69, 9.17) is 9.15 Å². The van der Waals surface area contributed by atoms with E-state index in [1.54, 1.807) is 31.6 Å². The van der Waals surface area contributed by atoms with E-state index in [2.05, 4.69) is 20.4 Å². The summed E-state index contributed by atoms with van der Waals surface area (Å²) in [6.07, 6.45) is 3.26. The Hall–Kier alpha value is -3.94. The van der Waals surface area contributed by atoms with Crippen molar-refractivity contribution in [3.8, 4) is 5.75 Å². The van der Waals surface area contributed by atoms with Crippen LogP contribution in [0.4, 0.5) is 5.69 Å². The minimum Gasteiger partial charge on any atom is -0.495 e. The number of benzene rings is 2. The number of aromatic nitrogens is 4. The Morgan fingerprint density at radius 1 is 1.15 bits per heavy atom. The first-order valence-corrected chi connectivity index (χ1v) is 8.21. The summed E-state index contributed by atoms with van der Waals surface area (Å²) in [5.41, 5.74) is 1.89. The number of nitrogens with one attached hydrogen (secondary N) is 1. The van der Waals surface area contributed by atoms with E-state index in [1.165, 1.54) is 4.52 Å². The highest BCUT2D eigenvalue weighted by Gasteiger charge is 2.18. The topological polar surface area (TPSA) is 94.5 Å². The Balaban J connectivity index is 1.57. The predicted octanol–water partition coefficient (Wildman–Crippen LogP) is 3.28. The molecule has 0 aliphatic carbocycles. The van der Waals surface area contributed by atoms with Gasteiger partial charge in [0.05, 0.1) is 12.8 Å². The highest BCUT2D eigenvalue weighted by molar-refractivity contribution is 6.09. The number of fused-ring (bicyclic) bond motifs is 4. The molecule has 8 nitrogen and oxygen atoms in total. The Bertz CT molecular complexity index is 1290. The molecule has 0 bridgehead atoms. The minimum absolute atomic E-state index is 0.0143. The van der Waals surface area contributed by atoms with Crippen molar-refractivity contribution in [2.24, 2.45) is 0 Å². The normalized spacial score (nSPS) is 11.3. The summed E-state index contributed by atoms with van der Waals surface area (Å²) in [6, 6.07) is 13.0. The minimum atomic E-state index is -0.464. The highest BCUT2D eigenvalue weighted by Crippen LogP contribution is 2.36. The first-order valence-electron chi connectivity index (χ1n) is 8.21. The average Bonchev–Trinajstić information content (AvgIpc) is 3.28. The van der Waals surface area contributed by atoms with Crippen molar-refractivity contribution in [3.63, 3.8) is 0 Å². The van der Waals surface area contributed by atoms with Crippen molar-refractivity contribution in [2.45, 2.75) is 0 Å². The monoisotopic (exact) mass is 359 g/mol. The fourth-order valence-electron chi connectivity index (χ4n) is 3.03. The Kier molecular flexibility index (Phi) is 3.29. The molecule has 5 rings (SSSR count). The molecular formula is C19H13N5O3. The van der Waals surface area contributed by atoms with Gasteiger partial charge in [-0.15, -0.1) is 5.10 Å². The van der Waals surface area contributed by atoms with E-state index in [0.717, 1.165) is 16.4 Å². The van der Waals surface area contributed by atoms with Crippen molar-refractivity contribution in [1.82, 2.24) is 19.6 Å². The largest absolute Gasteiger partial charge is 0.495 e. The molecule has 0 spiro atoms. The lowest BCUT2D eigenvalue weighted by atomic mass is 10.1. The van der Waals surface area contributed by atoms with E-state index in [9.17, 15) is 4.79 Å². The molecule has 0 radical (unpaired) electrons. The van der Waals surface area contributed by atoms with Gasteiger partial charge in [0, 0.05) is 29.2 Å². The third kappa shape index (κ3) is 2.46. The number of hydrogen-bond donors (Lipinski definition) is 1. The highest BCUT2D eigenvalue weighted by atomic mass is 16.5. The van der Waals surface area contributed by atoms with Crippen LogP contribution in [-0.4, -0.2) is 32.6 Å². The predicted molar refractivity (Wildman–Crippen MR) is 99.0 cm³/mol. The van der Waals surface area contributed by atoms with Gasteiger partial charge >= 0.3 is 0 Å². The third-order valence-electron chi connectivity index (χ3n) is 4.27. The van der Waals surface area contributed by atoms with Gasteiger partial charge in [0.2, 0.25) is 5.82 Å². The molecule has 1 N–H and O–H groups in total. The number of anilines is 1. The van der Waals surface area contributed by atoms with Gasteiger partial charge < -0.3 is 14.5 Å². The molecule has 27 heavy (non-hydrogen) atoms. The first kappa shape index (κ1) is 15.3. The number of methoxy groups -OCH3 is 1. The molecule has 2 aromatic carbocycles. The van der Waals surface area contributed by atoms with Gasteiger partial charge in [-0.25, -0.2) is 9.50 Å². The SMILES string of the molecule is COc1cc2c(cc1NC(=O)c1nc3ncccn3n1)oc1ccccc12. The fourth-order valence-corrected chi connectivity index (χ4v) is 3.03. The molecule has 0 unspecified atom stereocenters. The molecule has 0 aliphatic rings. The summed E-state index contributed by atoms with van der Waals surface area (Å²) in [4.78, 5) is 20.8. The molecule has 0 fully saturated rings. The smallest absolute Gasteiger partial charge is 0.295 e. The summed E-state index contributed by atoms with van der Waals surface area (Å²) < 4.78 is 12.8. The zero-order valence-electron chi connectivity index (χ0n) is 14.2. The van der Waals surface area contributed by atoms with E-state index in [0.29, 0.717) is 22.8 Å². The fraction of sp³-hybridized carbons (Fsp3) is 0.0526. The van der Waals surface area contributed by atoms with Crippen LogP contribution in [0.1, 0.15) is 10.6 Å². The number of nitrogens with zero attached hydrogens (tertiary/aromatic N) is 4. The second-order valence-corrected chi connectivity index (χ2v) is 5.90. The molecule has 0 atom stereocenters. The van der Waals surface area contributed by atoms with Crippen LogP contribution in [0.25, 0.3) is 27.7 Å². The molecule has 3 heterocycles. The average molecular weight is 359 g/mol. The molecular weight excluding hydrogens is 346 g/mol. The number of hydrogen-bond acceptors (Lipinski definition) is 6. The quantitative estimate of drug-likeness (QED) is 0.531. The molecule has 5 aromatic rings. The van der Waals surface area contributed by atoms with Crippen LogP contribution >= 0.6 is 0 Å². The van der Waals surface area contributed by atoms with Crippen molar-refractivity contribution in [2.75, 3.05) is 12.4 Å². The molecule has 0 saturated carbocycles. The summed E-state index contributed by atoms with van der Waals surface area (Å²) in [5, 5.41) is 8.81. The number of amides is 1. The van der Waals surface area contributed by atoms with Crippen molar-refractivity contribution in [3.05, 3.63) is 60.7 Å². The van der Waals surface area contributed by atoms with E-state index >= 15 is 0 Å². The number of carbonyl (C=O) groups is 1. The number of ether oxygens (including phenoxy) is 1. The van der Waals surface area contributed by atoms with Gasteiger partial charge in [0.25, 0.3) is 11.7 Å². The maximum Gasteiger partial charge on any atom is 0.295 e. The third-order valence-corrected chi connectivity index (χ3v) is 4.27. The number of para-hydroxylation sites is 1. The molecule has 0 saturated heterocycles. The van der Waals surface area contributed by atoms with E-state index < -0.39 is 5.91 Å². The summed E-state index contributed by atoms with van der Waals surface area (Å²) in [5.74, 6) is 0.418. The van der Waals surface area contributed by atoms with Crippen LogP contribution in [0.15, 0.2) is 59.3 Å². The molecule has 8 heteroatoms. The van der Waals surface area contributed by atoms with Gasteiger partial charge in [-0.1, -0.05) is 18.2 Å². The standard InChI is InChI=1S/C19H13N5O3/c1-26-16-9-12-11-5-2-3-6-14(11)27-15(12)10-13(16)21-18(25)17-22-19-20-7-4-8-24(19)23-17/h2-10H,1H3,(H,21,25). The molecule has 0 aliphatic heterocycles. The van der Waals surface area contributed by atoms with Crippen LogP contribution in [-0.2, 0) is 0 Å². The van der Waals surface area contributed by atoms with E-state index in [1.807, 2.05) is 30.3 Å². The van der Waals surface area contributed by atoms with Gasteiger partial charge in [0.1, 0.15) is 16.9 Å². The van der Waals surface area contributed by atoms with Gasteiger partial charge in [-0.3, -0.25) is 4.79 Å². The Morgan fingerprint density at radius 2 is 2.04 bits per heavy atom. The van der Waals surface area contributed by atoms with Crippen molar-refractivity contribution in [1.29, 1.82) is 0 Å². The summed E-state index contributed by atoms with van der Waals surface area (Å²) >= 11 is 0. The second kappa shape index (κ2) is 5.80. The number of rotatable bonds is 3. The van der Waals surface area contributed by atoms with Gasteiger partial charge in [0.15, 0.2) is 0 Å². The van der Waals surface area contributed by atoms with Crippen LogP contribution < -0.4 is 10.1 Å². The Morgan fingerprint density at radius 3 is 2.89 bits per heavy atom. The van der Waals surface area contributed by atoms with Crippen molar-refractivity contribution < 1.29 is 13.9 Å². The van der Waals surface area contributed by atoms with Crippen LogP contribution in [0.5, 0.6) is 5.75 Å². The van der Waals surface area contributed by atoms with Crippen LogP contribution in [0.2, 0.25) is 0 Å². The number of furan rings is 1. The van der Waals surface area contributed by atoms with Gasteiger partial charge in [-0.05, 0) is 18.2 Å². The number of carbonyl (C=O) groups excluding carboxylic acids is 1. The van der Waals surface area contributed by atoms with Crippen LogP contribution in [0, 0.1) is 0 Å².